The van der Waals surface area contributed by atoms with Crippen LogP contribution in [0.2, 0.25) is 0 Å². The largest absolute Gasteiger partial charge is 0.0883 e. The monoisotopic (exact) mass is 147 g/mol. The van der Waals surface area contributed by atoms with Crippen LogP contribution in [0.25, 0.3) is 0 Å². The third kappa shape index (κ3) is 4.22. The van der Waals surface area contributed by atoms with Gasteiger partial charge in [-0.25, -0.2) is 0 Å². The first-order valence-electron chi connectivity index (χ1n) is 1.92. The first-order valence-corrected chi connectivity index (χ1v) is 3.04. The summed E-state index contributed by atoms with van der Waals surface area (Å²) in [5.41, 5.74) is 0. The van der Waals surface area contributed by atoms with Crippen molar-refractivity contribution in [3.05, 3.63) is 19.1 Å². The molecule has 0 heterocycles. The topological polar surface area (TPSA) is 0 Å². The second-order valence-electron chi connectivity index (χ2n) is 0.914. The molecular formula is C5H8Br. The number of halogens is 1. The van der Waals surface area contributed by atoms with Gasteiger partial charge in [-0.05, 0) is 13.3 Å². The zero-order valence-electron chi connectivity index (χ0n) is 3.65. The van der Waals surface area contributed by atoms with Gasteiger partial charge in [-0.3, -0.25) is 0 Å². The van der Waals surface area contributed by atoms with Gasteiger partial charge >= 0.3 is 0 Å². The molecule has 0 N–H and O–H groups in total. The molecule has 0 fully saturated rings. The van der Waals surface area contributed by atoms with Crippen molar-refractivity contribution in [3.63, 3.8) is 0 Å². The predicted octanol–water partition coefficient (Wildman–Crippen LogP) is 2.16. The van der Waals surface area contributed by atoms with Gasteiger partial charge in [0.2, 0.25) is 0 Å². The van der Waals surface area contributed by atoms with E-state index in [0.29, 0.717) is 0 Å². The Bertz CT molecular complexity index is 33.2. The molecule has 0 aromatic heterocycles. The highest BCUT2D eigenvalue weighted by Gasteiger charge is 1.61. The predicted molar refractivity (Wildman–Crippen MR) is 32.9 cm³/mol. The molecule has 0 bridgehead atoms. The van der Waals surface area contributed by atoms with Gasteiger partial charge in [-0.2, -0.15) is 0 Å². The molecule has 0 atom stereocenters. The lowest BCUT2D eigenvalue weighted by atomic mass is 10.4. The average Bonchev–Trinajstić information content (AvgIpc) is 1.61. The molecule has 0 saturated heterocycles. The lowest BCUT2D eigenvalue weighted by molar-refractivity contribution is 1.39. The van der Waals surface area contributed by atoms with Crippen molar-refractivity contribution in [1.82, 2.24) is 0 Å². The number of hydrogen-bond acceptors (Lipinski definition) is 0. The fourth-order valence-corrected chi connectivity index (χ4v) is 0.445. The van der Waals surface area contributed by atoms with Crippen molar-refractivity contribution in [2.45, 2.75) is 6.42 Å². The van der Waals surface area contributed by atoms with Crippen molar-refractivity contribution in [2.24, 2.45) is 0 Å². The summed E-state index contributed by atoms with van der Waals surface area (Å²) in [5, 5.41) is 0.947. The Kier molecular flexibility index (Phi) is 5.41. The second kappa shape index (κ2) is 5.22. The Morgan fingerprint density at radius 3 is 2.33 bits per heavy atom. The van der Waals surface area contributed by atoms with Gasteiger partial charge in [0.15, 0.2) is 0 Å². The number of alkyl halides is 1. The Labute approximate surface area is 47.4 Å². The maximum Gasteiger partial charge on any atom is 0.0212 e. The van der Waals surface area contributed by atoms with Crippen LogP contribution in [0, 0.1) is 6.92 Å². The summed E-state index contributed by atoms with van der Waals surface area (Å²) in [4.78, 5) is 0. The van der Waals surface area contributed by atoms with Crippen molar-refractivity contribution < 1.29 is 0 Å². The molecule has 1 heteroatoms. The number of allylic oxidation sites excluding steroid dienone is 2. The summed E-state index contributed by atoms with van der Waals surface area (Å²) in [5.74, 6) is 0. The fraction of sp³-hybridized carbons (Fsp3) is 0.400. The van der Waals surface area contributed by atoms with Crippen LogP contribution in [0.1, 0.15) is 6.42 Å². The molecule has 0 unspecified atom stereocenters. The van der Waals surface area contributed by atoms with E-state index in [-0.39, 0.29) is 0 Å². The van der Waals surface area contributed by atoms with Gasteiger partial charge in [0.05, 0.1) is 0 Å². The van der Waals surface area contributed by atoms with E-state index in [1.54, 1.807) is 0 Å². The van der Waals surface area contributed by atoms with E-state index in [1.807, 2.05) is 12.2 Å². The molecule has 0 aliphatic rings. The summed E-state index contributed by atoms with van der Waals surface area (Å²) in [6.07, 6.45) is 4.95. The summed E-state index contributed by atoms with van der Waals surface area (Å²) >= 11 is 3.24. The molecule has 0 aliphatic carbocycles. The van der Waals surface area contributed by atoms with Crippen molar-refractivity contribution in [2.75, 3.05) is 5.33 Å². The van der Waals surface area contributed by atoms with E-state index in [2.05, 4.69) is 22.9 Å². The lowest BCUT2D eigenvalue weighted by Gasteiger charge is -1.71. The molecule has 35 valence electrons. The molecule has 0 spiro atoms. The van der Waals surface area contributed by atoms with E-state index < -0.39 is 0 Å². The zero-order valence-corrected chi connectivity index (χ0v) is 5.24. The van der Waals surface area contributed by atoms with E-state index in [9.17, 15) is 0 Å². The summed E-state index contributed by atoms with van der Waals surface area (Å²) in [6, 6.07) is 0. The normalized spacial score (nSPS) is 10.3. The molecule has 0 aromatic rings. The molecule has 0 aliphatic heterocycles. The summed E-state index contributed by atoms with van der Waals surface area (Å²) in [7, 11) is 0. The van der Waals surface area contributed by atoms with Crippen molar-refractivity contribution in [1.29, 1.82) is 0 Å². The standard InChI is InChI=1S/C5H8Br/c1-2-3-4-5-6/h3-4H,1-2,5H2/b4-3+. The number of rotatable bonds is 2. The Hall–Kier alpha value is 0.220. The van der Waals surface area contributed by atoms with E-state index in [0.717, 1.165) is 11.8 Å². The number of hydrogen-bond donors (Lipinski definition) is 0. The second-order valence-corrected chi connectivity index (χ2v) is 1.56. The average molecular weight is 148 g/mol. The zero-order chi connectivity index (χ0) is 4.83. The highest BCUT2D eigenvalue weighted by molar-refractivity contribution is 9.09. The molecule has 0 amide bonds. The minimum absolute atomic E-state index is 0.894. The first kappa shape index (κ1) is 6.22. The van der Waals surface area contributed by atoms with Crippen molar-refractivity contribution in [3.8, 4) is 0 Å². The third-order valence-corrected chi connectivity index (χ3v) is 0.796. The maximum absolute atomic E-state index is 3.62. The highest BCUT2D eigenvalue weighted by atomic mass is 79.9. The quantitative estimate of drug-likeness (QED) is 0.415. The molecule has 0 saturated carbocycles. The maximum atomic E-state index is 3.62. The van der Waals surface area contributed by atoms with Crippen LogP contribution in [0.4, 0.5) is 0 Å². The highest BCUT2D eigenvalue weighted by Crippen LogP contribution is 1.82. The Morgan fingerprint density at radius 1 is 1.50 bits per heavy atom. The van der Waals surface area contributed by atoms with Gasteiger partial charge in [-0.1, -0.05) is 28.1 Å². The van der Waals surface area contributed by atoms with Crippen LogP contribution in [0.5, 0.6) is 0 Å². The Morgan fingerprint density at radius 2 is 2.17 bits per heavy atom. The fourth-order valence-electron chi connectivity index (χ4n) is 0.181. The third-order valence-electron chi connectivity index (χ3n) is 0.422. The smallest absolute Gasteiger partial charge is 0.0212 e. The van der Waals surface area contributed by atoms with Crippen LogP contribution in [0.3, 0.4) is 0 Å². The van der Waals surface area contributed by atoms with Gasteiger partial charge in [0, 0.05) is 5.33 Å². The van der Waals surface area contributed by atoms with Gasteiger partial charge in [-0.15, -0.1) is 0 Å². The van der Waals surface area contributed by atoms with E-state index >= 15 is 0 Å². The van der Waals surface area contributed by atoms with Crippen LogP contribution in [0.15, 0.2) is 12.2 Å². The van der Waals surface area contributed by atoms with E-state index in [1.165, 1.54) is 0 Å². The molecule has 0 nitrogen and oxygen atoms in total. The van der Waals surface area contributed by atoms with Crippen LogP contribution in [-0.4, -0.2) is 5.33 Å². The van der Waals surface area contributed by atoms with E-state index in [4.69, 9.17) is 0 Å². The summed E-state index contributed by atoms with van der Waals surface area (Å²) < 4.78 is 0. The minimum atomic E-state index is 0.894. The van der Waals surface area contributed by atoms with Gasteiger partial charge in [0.1, 0.15) is 0 Å². The molecule has 0 aromatic carbocycles. The molecule has 6 heavy (non-hydrogen) atoms. The molecule has 1 radical (unpaired) electrons. The Balaban J connectivity index is 2.73. The van der Waals surface area contributed by atoms with Crippen LogP contribution < -0.4 is 0 Å². The van der Waals surface area contributed by atoms with Gasteiger partial charge in [0.25, 0.3) is 0 Å². The van der Waals surface area contributed by atoms with Gasteiger partial charge < -0.3 is 0 Å². The summed E-state index contributed by atoms with van der Waals surface area (Å²) in [6.45, 7) is 3.62. The molecule has 0 rings (SSSR count). The SMILES string of the molecule is [CH2]C/C=C/CBr. The van der Waals surface area contributed by atoms with Crippen molar-refractivity contribution >= 4 is 15.9 Å². The molecular weight excluding hydrogens is 140 g/mol. The first-order chi connectivity index (χ1) is 2.91. The minimum Gasteiger partial charge on any atom is -0.0883 e. The lowest BCUT2D eigenvalue weighted by Crippen LogP contribution is -1.55. The van der Waals surface area contributed by atoms with Crippen LogP contribution in [-0.2, 0) is 0 Å². The van der Waals surface area contributed by atoms with Crippen LogP contribution >= 0.6 is 15.9 Å².